The van der Waals surface area contributed by atoms with Crippen molar-refractivity contribution in [3.63, 3.8) is 0 Å². The van der Waals surface area contributed by atoms with Crippen LogP contribution in [0.25, 0.3) is 0 Å². The molecular formula is C16H29N3. The third-order valence-corrected chi connectivity index (χ3v) is 3.09. The van der Waals surface area contributed by atoms with Gasteiger partial charge in [0.05, 0.1) is 0 Å². The maximum absolute atomic E-state index is 4.79. The lowest BCUT2D eigenvalue weighted by atomic mass is 10.1. The Morgan fingerprint density at radius 3 is 2.42 bits per heavy atom. The highest BCUT2D eigenvalue weighted by Gasteiger charge is 2.10. The van der Waals surface area contributed by atoms with E-state index in [4.69, 9.17) is 4.98 Å². The Bertz CT molecular complexity index is 386. The molecule has 1 N–H and O–H groups in total. The van der Waals surface area contributed by atoms with Crippen LogP contribution in [-0.2, 0) is 6.54 Å². The largest absolute Gasteiger partial charge is 0.359 e. The quantitative estimate of drug-likeness (QED) is 0.817. The van der Waals surface area contributed by atoms with E-state index in [1.807, 2.05) is 0 Å². The summed E-state index contributed by atoms with van der Waals surface area (Å²) in [5.41, 5.74) is 2.51. The van der Waals surface area contributed by atoms with Crippen molar-refractivity contribution in [2.45, 2.75) is 47.1 Å². The number of hydrogen-bond donors (Lipinski definition) is 1. The Balaban J connectivity index is 2.98. The zero-order chi connectivity index (χ0) is 14.4. The number of anilines is 1. The van der Waals surface area contributed by atoms with E-state index >= 15 is 0 Å². The molecule has 108 valence electrons. The van der Waals surface area contributed by atoms with Crippen molar-refractivity contribution in [2.75, 3.05) is 25.0 Å². The summed E-state index contributed by atoms with van der Waals surface area (Å²) < 4.78 is 0. The lowest BCUT2D eigenvalue weighted by Gasteiger charge is -2.22. The summed E-state index contributed by atoms with van der Waals surface area (Å²) in [6.45, 7) is 14.0. The molecule has 3 nitrogen and oxygen atoms in total. The summed E-state index contributed by atoms with van der Waals surface area (Å²) in [6.07, 6.45) is 0. The maximum atomic E-state index is 4.79. The number of nitrogens with one attached hydrogen (secondary N) is 1. The van der Waals surface area contributed by atoms with E-state index in [0.717, 1.165) is 25.5 Å². The van der Waals surface area contributed by atoms with E-state index in [9.17, 15) is 0 Å². The topological polar surface area (TPSA) is 28.2 Å². The van der Waals surface area contributed by atoms with Crippen LogP contribution >= 0.6 is 0 Å². The zero-order valence-corrected chi connectivity index (χ0v) is 13.3. The van der Waals surface area contributed by atoms with E-state index in [0.29, 0.717) is 11.8 Å². The molecule has 0 fully saturated rings. The Kier molecular flexibility index (Phi) is 6.29. The molecule has 1 rings (SSSR count). The van der Waals surface area contributed by atoms with Crippen LogP contribution in [0.3, 0.4) is 0 Å². The molecule has 0 aliphatic rings. The summed E-state index contributed by atoms with van der Waals surface area (Å²) in [4.78, 5) is 7.05. The van der Waals surface area contributed by atoms with Gasteiger partial charge in [-0.15, -0.1) is 0 Å². The molecule has 0 aliphatic carbocycles. The highest BCUT2D eigenvalue weighted by Crippen LogP contribution is 2.20. The molecule has 0 aromatic carbocycles. The fourth-order valence-corrected chi connectivity index (χ4v) is 2.10. The first-order chi connectivity index (χ1) is 8.93. The molecule has 0 radical (unpaired) electrons. The number of rotatable bonds is 7. The Morgan fingerprint density at radius 1 is 1.21 bits per heavy atom. The average Bonchev–Trinajstić information content (AvgIpc) is 2.35. The molecule has 1 aromatic rings. The molecule has 0 saturated carbocycles. The van der Waals surface area contributed by atoms with Crippen molar-refractivity contribution in [1.82, 2.24) is 10.3 Å². The fourth-order valence-electron chi connectivity index (χ4n) is 2.10. The fraction of sp³-hybridized carbons (Fsp3) is 0.688. The molecular weight excluding hydrogens is 234 g/mol. The van der Waals surface area contributed by atoms with Gasteiger partial charge < -0.3 is 10.2 Å². The summed E-state index contributed by atoms with van der Waals surface area (Å²) in [7, 11) is 2.13. The van der Waals surface area contributed by atoms with Crippen molar-refractivity contribution >= 4 is 5.82 Å². The van der Waals surface area contributed by atoms with Crippen molar-refractivity contribution in [3.8, 4) is 0 Å². The summed E-state index contributed by atoms with van der Waals surface area (Å²) in [5.74, 6) is 2.20. The lowest BCUT2D eigenvalue weighted by Crippen LogP contribution is -2.24. The van der Waals surface area contributed by atoms with Crippen molar-refractivity contribution in [1.29, 1.82) is 0 Å². The molecule has 19 heavy (non-hydrogen) atoms. The summed E-state index contributed by atoms with van der Waals surface area (Å²) >= 11 is 0. The van der Waals surface area contributed by atoms with Gasteiger partial charge in [-0.3, -0.25) is 0 Å². The number of hydrogen-bond acceptors (Lipinski definition) is 3. The molecule has 0 aliphatic heterocycles. The van der Waals surface area contributed by atoms with Gasteiger partial charge in [0.1, 0.15) is 5.82 Å². The van der Waals surface area contributed by atoms with Crippen LogP contribution in [0.1, 0.15) is 51.8 Å². The van der Waals surface area contributed by atoms with Crippen LogP contribution in [0.5, 0.6) is 0 Å². The van der Waals surface area contributed by atoms with Gasteiger partial charge in [-0.1, -0.05) is 34.6 Å². The van der Waals surface area contributed by atoms with Crippen molar-refractivity contribution in [2.24, 2.45) is 5.92 Å². The Hall–Kier alpha value is -1.09. The highest BCUT2D eigenvalue weighted by atomic mass is 15.2. The van der Waals surface area contributed by atoms with Gasteiger partial charge in [0.25, 0.3) is 0 Å². The maximum Gasteiger partial charge on any atom is 0.128 e. The standard InChI is InChI=1S/C16H29N3/c1-7-17-10-14-8-15(13(4)5)18-16(9-14)19(6)11-12(2)3/h8-9,12-13,17H,7,10-11H2,1-6H3. The molecule has 0 amide bonds. The van der Waals surface area contributed by atoms with E-state index in [2.05, 4.69) is 64.0 Å². The van der Waals surface area contributed by atoms with Gasteiger partial charge in [-0.25, -0.2) is 4.98 Å². The second-order valence-corrected chi connectivity index (χ2v) is 5.97. The monoisotopic (exact) mass is 263 g/mol. The first-order valence-electron chi connectivity index (χ1n) is 7.36. The zero-order valence-electron chi connectivity index (χ0n) is 13.3. The number of nitrogens with zero attached hydrogens (tertiary/aromatic N) is 2. The van der Waals surface area contributed by atoms with Gasteiger partial charge in [0, 0.05) is 25.8 Å². The lowest BCUT2D eigenvalue weighted by molar-refractivity contribution is 0.632. The normalized spacial score (nSPS) is 11.4. The van der Waals surface area contributed by atoms with Crippen LogP contribution < -0.4 is 10.2 Å². The van der Waals surface area contributed by atoms with Gasteiger partial charge in [-0.2, -0.15) is 0 Å². The minimum absolute atomic E-state index is 0.466. The van der Waals surface area contributed by atoms with Gasteiger partial charge in [0.2, 0.25) is 0 Å². The molecule has 1 heterocycles. The molecule has 0 unspecified atom stereocenters. The average molecular weight is 263 g/mol. The van der Waals surface area contributed by atoms with E-state index < -0.39 is 0 Å². The molecule has 1 aromatic heterocycles. The molecule has 0 atom stereocenters. The number of pyridine rings is 1. The van der Waals surface area contributed by atoms with Crippen LogP contribution in [0.2, 0.25) is 0 Å². The summed E-state index contributed by atoms with van der Waals surface area (Å²) in [5, 5.41) is 3.39. The van der Waals surface area contributed by atoms with E-state index in [-0.39, 0.29) is 0 Å². The first kappa shape index (κ1) is 16.0. The second-order valence-electron chi connectivity index (χ2n) is 5.97. The highest BCUT2D eigenvalue weighted by molar-refractivity contribution is 5.42. The van der Waals surface area contributed by atoms with Crippen LogP contribution in [0.15, 0.2) is 12.1 Å². The molecule has 3 heteroatoms. The smallest absolute Gasteiger partial charge is 0.128 e. The van der Waals surface area contributed by atoms with Crippen LogP contribution in [0, 0.1) is 5.92 Å². The SMILES string of the molecule is CCNCc1cc(C(C)C)nc(N(C)CC(C)C)c1. The van der Waals surface area contributed by atoms with E-state index in [1.54, 1.807) is 0 Å². The van der Waals surface area contributed by atoms with Crippen molar-refractivity contribution < 1.29 is 0 Å². The predicted molar refractivity (Wildman–Crippen MR) is 83.8 cm³/mol. The molecule has 0 bridgehead atoms. The van der Waals surface area contributed by atoms with Gasteiger partial charge >= 0.3 is 0 Å². The number of aromatic nitrogens is 1. The third-order valence-electron chi connectivity index (χ3n) is 3.09. The third kappa shape index (κ3) is 5.19. The van der Waals surface area contributed by atoms with Gasteiger partial charge in [0.15, 0.2) is 0 Å². The minimum Gasteiger partial charge on any atom is -0.359 e. The Morgan fingerprint density at radius 2 is 1.89 bits per heavy atom. The van der Waals surface area contributed by atoms with E-state index in [1.165, 1.54) is 11.3 Å². The summed E-state index contributed by atoms with van der Waals surface area (Å²) in [6, 6.07) is 4.43. The minimum atomic E-state index is 0.466. The van der Waals surface area contributed by atoms with Gasteiger partial charge in [-0.05, 0) is 36.1 Å². The van der Waals surface area contributed by atoms with Crippen LogP contribution in [0.4, 0.5) is 5.82 Å². The second kappa shape index (κ2) is 7.49. The first-order valence-corrected chi connectivity index (χ1v) is 7.36. The predicted octanol–water partition coefficient (Wildman–Crippen LogP) is 3.41. The molecule has 0 saturated heterocycles. The Labute approximate surface area is 118 Å². The van der Waals surface area contributed by atoms with Crippen LogP contribution in [-0.4, -0.2) is 25.1 Å². The molecule has 0 spiro atoms. The van der Waals surface area contributed by atoms with Crippen molar-refractivity contribution in [3.05, 3.63) is 23.4 Å².